The number of rotatable bonds is 9. The summed E-state index contributed by atoms with van der Waals surface area (Å²) in [4.78, 5) is 20.5. The standard InChI is InChI=1S/C25H34ClNO3.C2H2O4/c1-27(16-17-29-2)15-7-14-25(28)21-10-5-4-8-19(21)9-6-11-22(25)20-12-13-23(26)24(18-20)30-3;3-1(4)2(5)6/h4-5,8,10,12-13,18,22,28H,6-7,9,11,14-17H2,1-3H3;(H,3,4)(H,5,6)/t22-,25-;/m1./s1. The summed E-state index contributed by atoms with van der Waals surface area (Å²) in [5.74, 6) is -2.99. The third kappa shape index (κ3) is 7.93. The minimum Gasteiger partial charge on any atom is -0.495 e. The van der Waals surface area contributed by atoms with E-state index < -0.39 is 17.5 Å². The van der Waals surface area contributed by atoms with E-state index in [0.717, 1.165) is 56.5 Å². The molecule has 0 fully saturated rings. The normalized spacial score (nSPS) is 19.0. The molecule has 0 unspecified atom stereocenters. The molecule has 0 saturated heterocycles. The van der Waals surface area contributed by atoms with Gasteiger partial charge in [0.1, 0.15) is 5.75 Å². The van der Waals surface area contributed by atoms with Gasteiger partial charge in [-0.2, -0.15) is 0 Å². The Morgan fingerprint density at radius 3 is 2.44 bits per heavy atom. The summed E-state index contributed by atoms with van der Waals surface area (Å²) >= 11 is 6.28. The van der Waals surface area contributed by atoms with E-state index in [1.54, 1.807) is 14.2 Å². The second kappa shape index (κ2) is 14.2. The highest BCUT2D eigenvalue weighted by Crippen LogP contribution is 2.48. The summed E-state index contributed by atoms with van der Waals surface area (Å²) in [7, 11) is 5.46. The fraction of sp³-hybridized carbons (Fsp3) is 0.481. The predicted molar refractivity (Wildman–Crippen MR) is 138 cm³/mol. The van der Waals surface area contributed by atoms with Crippen LogP contribution in [0.15, 0.2) is 42.5 Å². The number of aliphatic hydroxyl groups is 1. The summed E-state index contributed by atoms with van der Waals surface area (Å²) < 4.78 is 10.6. The Hall–Kier alpha value is -2.65. The number of nitrogens with zero attached hydrogens (tertiary/aromatic N) is 1. The van der Waals surface area contributed by atoms with Gasteiger partial charge in [-0.15, -0.1) is 0 Å². The molecule has 0 aliphatic heterocycles. The average molecular weight is 522 g/mol. The summed E-state index contributed by atoms with van der Waals surface area (Å²) in [5.41, 5.74) is 2.49. The Labute approximate surface area is 217 Å². The van der Waals surface area contributed by atoms with Crippen LogP contribution in [-0.4, -0.2) is 73.1 Å². The number of aliphatic carboxylic acids is 2. The van der Waals surface area contributed by atoms with Gasteiger partial charge in [-0.1, -0.05) is 41.9 Å². The number of aryl methyl sites for hydroxylation is 1. The summed E-state index contributed by atoms with van der Waals surface area (Å²) in [5, 5.41) is 27.6. The van der Waals surface area contributed by atoms with Crippen LogP contribution in [0, 0.1) is 0 Å². The number of hydrogen-bond donors (Lipinski definition) is 3. The molecule has 0 radical (unpaired) electrons. The minimum atomic E-state index is -1.82. The van der Waals surface area contributed by atoms with Gasteiger partial charge < -0.3 is 29.7 Å². The van der Waals surface area contributed by atoms with Gasteiger partial charge in [0, 0.05) is 19.6 Å². The number of carboxylic acids is 2. The lowest BCUT2D eigenvalue weighted by Gasteiger charge is -2.37. The molecule has 1 aliphatic carbocycles. The lowest BCUT2D eigenvalue weighted by molar-refractivity contribution is -0.159. The molecule has 198 valence electrons. The van der Waals surface area contributed by atoms with Crippen LogP contribution in [0.3, 0.4) is 0 Å². The Morgan fingerprint density at radius 1 is 1.11 bits per heavy atom. The molecule has 2 aromatic rings. The van der Waals surface area contributed by atoms with Crippen molar-refractivity contribution in [3.05, 3.63) is 64.2 Å². The van der Waals surface area contributed by atoms with E-state index in [4.69, 9.17) is 40.9 Å². The topological polar surface area (TPSA) is 117 Å². The SMILES string of the molecule is COCCN(C)CCC[C@@]1(O)c2ccccc2CCC[C@@H]1c1ccc(Cl)c(OC)c1.O=C(O)C(=O)O. The summed E-state index contributed by atoms with van der Waals surface area (Å²) in [6, 6.07) is 14.3. The van der Waals surface area contributed by atoms with Gasteiger partial charge >= 0.3 is 11.9 Å². The van der Waals surface area contributed by atoms with Gasteiger partial charge in [-0.25, -0.2) is 9.59 Å². The zero-order chi connectivity index (χ0) is 26.7. The van der Waals surface area contributed by atoms with E-state index in [-0.39, 0.29) is 5.92 Å². The summed E-state index contributed by atoms with van der Waals surface area (Å²) in [6.07, 6.45) is 4.58. The zero-order valence-corrected chi connectivity index (χ0v) is 21.8. The van der Waals surface area contributed by atoms with E-state index in [0.29, 0.717) is 17.2 Å². The zero-order valence-electron chi connectivity index (χ0n) is 21.1. The minimum absolute atomic E-state index is 0.00315. The lowest BCUT2D eigenvalue weighted by Crippen LogP contribution is -2.35. The van der Waals surface area contributed by atoms with Crippen LogP contribution in [0.4, 0.5) is 0 Å². The Bertz CT molecular complexity index is 1000. The summed E-state index contributed by atoms with van der Waals surface area (Å²) in [6.45, 7) is 2.53. The molecule has 0 bridgehead atoms. The van der Waals surface area contributed by atoms with E-state index in [1.807, 2.05) is 24.3 Å². The van der Waals surface area contributed by atoms with Gasteiger partial charge in [-0.3, -0.25) is 0 Å². The van der Waals surface area contributed by atoms with Crippen molar-refractivity contribution in [2.24, 2.45) is 0 Å². The molecule has 3 rings (SSSR count). The smallest absolute Gasteiger partial charge is 0.414 e. The number of halogens is 1. The monoisotopic (exact) mass is 521 g/mol. The number of methoxy groups -OCH3 is 2. The molecule has 0 amide bonds. The molecule has 0 heterocycles. The number of carbonyl (C=O) groups is 2. The van der Waals surface area contributed by atoms with Crippen molar-refractivity contribution in [3.63, 3.8) is 0 Å². The molecular formula is C27H36ClNO7. The fourth-order valence-corrected chi connectivity index (χ4v) is 4.90. The van der Waals surface area contributed by atoms with Crippen molar-refractivity contribution in [1.82, 2.24) is 4.90 Å². The third-order valence-corrected chi connectivity index (χ3v) is 6.85. The van der Waals surface area contributed by atoms with Crippen LogP contribution in [0.25, 0.3) is 0 Å². The molecule has 8 nitrogen and oxygen atoms in total. The van der Waals surface area contributed by atoms with Crippen molar-refractivity contribution in [1.29, 1.82) is 0 Å². The Balaban J connectivity index is 0.000000678. The maximum atomic E-state index is 12.2. The van der Waals surface area contributed by atoms with Gasteiger partial charge in [-0.05, 0) is 74.5 Å². The van der Waals surface area contributed by atoms with E-state index in [1.165, 1.54) is 5.56 Å². The number of fused-ring (bicyclic) bond motifs is 1. The molecule has 9 heteroatoms. The number of hydrogen-bond acceptors (Lipinski definition) is 6. The number of likely N-dealkylation sites (N-methyl/N-ethyl adjacent to an activating group) is 1. The van der Waals surface area contributed by atoms with E-state index in [2.05, 4.69) is 30.1 Å². The largest absolute Gasteiger partial charge is 0.495 e. The molecule has 0 saturated carbocycles. The van der Waals surface area contributed by atoms with Gasteiger partial charge in [0.05, 0.1) is 24.3 Å². The molecule has 1 aliphatic rings. The number of carboxylic acid groups (broad SMARTS) is 2. The maximum absolute atomic E-state index is 12.2. The molecular weight excluding hydrogens is 486 g/mol. The first kappa shape index (κ1) is 29.6. The fourth-order valence-electron chi connectivity index (χ4n) is 4.71. The average Bonchev–Trinajstić information content (AvgIpc) is 3.00. The molecule has 0 aromatic heterocycles. The predicted octanol–water partition coefficient (Wildman–Crippen LogP) is 4.17. The second-order valence-electron chi connectivity index (χ2n) is 8.93. The Kier molecular flexibility index (Phi) is 11.7. The quantitative estimate of drug-likeness (QED) is 0.332. The highest BCUT2D eigenvalue weighted by Gasteiger charge is 2.41. The van der Waals surface area contributed by atoms with Crippen molar-refractivity contribution in [3.8, 4) is 5.75 Å². The van der Waals surface area contributed by atoms with Gasteiger partial charge in [0.15, 0.2) is 0 Å². The maximum Gasteiger partial charge on any atom is 0.414 e. The molecule has 3 N–H and O–H groups in total. The highest BCUT2D eigenvalue weighted by atomic mass is 35.5. The van der Waals surface area contributed by atoms with Crippen molar-refractivity contribution >= 4 is 23.5 Å². The van der Waals surface area contributed by atoms with Crippen LogP contribution in [-0.2, 0) is 26.3 Å². The Morgan fingerprint density at radius 2 is 1.81 bits per heavy atom. The van der Waals surface area contributed by atoms with E-state index >= 15 is 0 Å². The first-order valence-electron chi connectivity index (χ1n) is 11.9. The number of benzene rings is 2. The molecule has 2 atom stereocenters. The molecule has 2 aromatic carbocycles. The van der Waals surface area contributed by atoms with Crippen LogP contribution in [0.2, 0.25) is 5.02 Å². The van der Waals surface area contributed by atoms with Crippen LogP contribution in [0.5, 0.6) is 5.75 Å². The first-order valence-corrected chi connectivity index (χ1v) is 12.3. The number of ether oxygens (including phenoxy) is 2. The van der Waals surface area contributed by atoms with Crippen molar-refractivity contribution in [2.45, 2.75) is 43.6 Å². The third-order valence-electron chi connectivity index (χ3n) is 6.53. The van der Waals surface area contributed by atoms with Gasteiger partial charge in [0.2, 0.25) is 0 Å². The second-order valence-corrected chi connectivity index (χ2v) is 9.34. The highest BCUT2D eigenvalue weighted by molar-refractivity contribution is 6.32. The van der Waals surface area contributed by atoms with Crippen LogP contribution >= 0.6 is 11.6 Å². The van der Waals surface area contributed by atoms with E-state index in [9.17, 15) is 5.11 Å². The molecule has 36 heavy (non-hydrogen) atoms. The van der Waals surface area contributed by atoms with Crippen molar-refractivity contribution < 1.29 is 34.4 Å². The first-order chi connectivity index (χ1) is 17.1. The van der Waals surface area contributed by atoms with Crippen molar-refractivity contribution in [2.75, 3.05) is 41.0 Å². The van der Waals surface area contributed by atoms with Crippen LogP contribution < -0.4 is 4.74 Å². The van der Waals surface area contributed by atoms with Crippen LogP contribution in [0.1, 0.15) is 48.3 Å². The molecule has 0 spiro atoms. The lowest BCUT2D eigenvalue weighted by atomic mass is 9.73. The van der Waals surface area contributed by atoms with Gasteiger partial charge in [0.25, 0.3) is 0 Å².